The van der Waals surface area contributed by atoms with Gasteiger partial charge in [0.15, 0.2) is 0 Å². The zero-order chi connectivity index (χ0) is 17.8. The van der Waals surface area contributed by atoms with Crippen LogP contribution in [0.4, 0.5) is 4.79 Å². The first-order chi connectivity index (χ1) is 11.5. The van der Waals surface area contributed by atoms with Crippen LogP contribution in [-0.2, 0) is 4.74 Å². The summed E-state index contributed by atoms with van der Waals surface area (Å²) < 4.78 is 7.01. The molecule has 1 atom stereocenters. The van der Waals surface area contributed by atoms with Crippen LogP contribution in [0.25, 0.3) is 0 Å². The third-order valence-corrected chi connectivity index (χ3v) is 6.23. The largest absolute Gasteiger partial charge is 0.450 e. The smallest absolute Gasteiger partial charge is 0.410 e. The summed E-state index contributed by atoms with van der Waals surface area (Å²) in [6.45, 7) is 11.1. The number of allylic oxidation sites excluding steroid dienone is 1. The fraction of sp³-hybridized carbons (Fsp3) is 0.842. The zero-order valence-corrected chi connectivity index (χ0v) is 17.8. The van der Waals surface area contributed by atoms with E-state index in [0.717, 1.165) is 41.0 Å². The molecule has 0 bridgehead atoms. The molecule has 0 aliphatic carbocycles. The van der Waals surface area contributed by atoms with Gasteiger partial charge in [0.25, 0.3) is 0 Å². The molecule has 0 aromatic carbocycles. The maximum atomic E-state index is 11.8. The monoisotopic (exact) mass is 451 g/mol. The van der Waals surface area contributed by atoms with E-state index in [4.69, 9.17) is 4.74 Å². The van der Waals surface area contributed by atoms with E-state index in [9.17, 15) is 4.79 Å². The topological polar surface area (TPSA) is 29.5 Å². The van der Waals surface area contributed by atoms with E-state index in [-0.39, 0.29) is 6.09 Å². The van der Waals surface area contributed by atoms with Crippen molar-refractivity contribution in [2.75, 3.05) is 46.4 Å². The fourth-order valence-corrected chi connectivity index (χ4v) is 4.11. The van der Waals surface area contributed by atoms with Crippen molar-refractivity contribution in [3.63, 3.8) is 0 Å². The molecule has 0 spiro atoms. The third kappa shape index (κ3) is 8.70. The Labute approximate surface area is 162 Å². The second-order valence-electron chi connectivity index (χ2n) is 7.14. The predicted molar refractivity (Wildman–Crippen MR) is 110 cm³/mol. The van der Waals surface area contributed by atoms with Gasteiger partial charge < -0.3 is 9.22 Å². The first-order valence-electron chi connectivity index (χ1n) is 9.51. The Morgan fingerprint density at radius 2 is 1.88 bits per heavy atom. The van der Waals surface area contributed by atoms with Crippen LogP contribution in [0.3, 0.4) is 0 Å². The summed E-state index contributed by atoms with van der Waals surface area (Å²) >= 11 is 2.62. The minimum absolute atomic E-state index is 0.145. The van der Waals surface area contributed by atoms with Crippen molar-refractivity contribution in [2.24, 2.45) is 0 Å². The Morgan fingerprint density at radius 3 is 2.46 bits per heavy atom. The summed E-state index contributed by atoms with van der Waals surface area (Å²) in [6, 6.07) is 0. The minimum Gasteiger partial charge on any atom is -0.450 e. The SMILES string of the molecule is C=CCCCCC(I)CCCC[N+]1(C)CCN(C(=O)OCC)CC1. The highest BCUT2D eigenvalue weighted by Crippen LogP contribution is 2.19. The number of rotatable bonds is 11. The summed E-state index contributed by atoms with van der Waals surface area (Å²) in [6.07, 6.45) is 10.9. The van der Waals surface area contributed by atoms with Crippen LogP contribution in [-0.4, -0.2) is 65.8 Å². The molecule has 1 aliphatic rings. The molecule has 1 saturated heterocycles. The lowest BCUT2D eigenvalue weighted by Crippen LogP contribution is -2.58. The molecule has 0 N–H and O–H groups in total. The maximum absolute atomic E-state index is 11.8. The first-order valence-corrected chi connectivity index (χ1v) is 10.8. The lowest BCUT2D eigenvalue weighted by atomic mass is 10.1. The average molecular weight is 451 g/mol. The summed E-state index contributed by atoms with van der Waals surface area (Å²) in [7, 11) is 2.33. The number of carbonyl (C=O) groups excluding carboxylic acids is 1. The van der Waals surface area contributed by atoms with Crippen LogP contribution < -0.4 is 0 Å². The van der Waals surface area contributed by atoms with Crippen LogP contribution in [0, 0.1) is 0 Å². The van der Waals surface area contributed by atoms with Gasteiger partial charge in [-0.1, -0.05) is 35.1 Å². The first kappa shape index (κ1) is 21.7. The van der Waals surface area contributed by atoms with Gasteiger partial charge in [-0.05, 0) is 45.4 Å². The standard InChI is InChI=1S/C19H36IN2O2/c1-4-6-7-8-11-18(20)12-9-10-15-22(3)16-13-21(14-17-22)19(23)24-5-2/h4,18H,1,5-17H2,2-3H3/q+1. The van der Waals surface area contributed by atoms with Gasteiger partial charge >= 0.3 is 6.09 Å². The van der Waals surface area contributed by atoms with Crippen LogP contribution >= 0.6 is 22.6 Å². The number of halogens is 1. The fourth-order valence-electron chi connectivity index (χ4n) is 3.23. The van der Waals surface area contributed by atoms with Gasteiger partial charge in [-0.2, -0.15) is 0 Å². The summed E-state index contributed by atoms with van der Waals surface area (Å²) in [4.78, 5) is 13.6. The number of quaternary nitrogens is 1. The quantitative estimate of drug-likeness (QED) is 0.151. The van der Waals surface area contributed by atoms with E-state index in [1.807, 2.05) is 17.9 Å². The van der Waals surface area contributed by atoms with Crippen LogP contribution in [0.2, 0.25) is 0 Å². The number of amides is 1. The molecular formula is C19H36IN2O2+. The van der Waals surface area contributed by atoms with Crippen molar-refractivity contribution in [3.8, 4) is 0 Å². The number of unbranched alkanes of at least 4 members (excludes halogenated alkanes) is 3. The molecular weight excluding hydrogens is 415 g/mol. The number of carbonyl (C=O) groups is 1. The number of alkyl halides is 1. The number of nitrogens with zero attached hydrogens (tertiary/aromatic N) is 2. The van der Waals surface area contributed by atoms with Crippen LogP contribution in [0.1, 0.15) is 51.9 Å². The highest BCUT2D eigenvalue weighted by Gasteiger charge is 2.30. The van der Waals surface area contributed by atoms with Crippen molar-refractivity contribution in [1.82, 2.24) is 4.90 Å². The van der Waals surface area contributed by atoms with Gasteiger partial charge in [0.2, 0.25) is 0 Å². The van der Waals surface area contributed by atoms with Gasteiger partial charge in [-0.3, -0.25) is 4.90 Å². The predicted octanol–water partition coefficient (Wildman–Crippen LogP) is 4.63. The van der Waals surface area contributed by atoms with Crippen molar-refractivity contribution >= 4 is 28.7 Å². The number of hydrogen-bond acceptors (Lipinski definition) is 2. The Kier molecular flexibility index (Phi) is 11.0. The molecule has 1 aliphatic heterocycles. The van der Waals surface area contributed by atoms with Gasteiger partial charge in [-0.25, -0.2) is 4.79 Å². The normalized spacial score (nSPS) is 18.2. The summed E-state index contributed by atoms with van der Waals surface area (Å²) in [5.41, 5.74) is 0. The van der Waals surface area contributed by atoms with E-state index in [1.165, 1.54) is 45.1 Å². The van der Waals surface area contributed by atoms with E-state index in [2.05, 4.69) is 36.2 Å². The van der Waals surface area contributed by atoms with Crippen molar-refractivity contribution in [3.05, 3.63) is 12.7 Å². The molecule has 1 unspecified atom stereocenters. The second-order valence-corrected chi connectivity index (χ2v) is 8.90. The van der Waals surface area contributed by atoms with Gasteiger partial charge in [0, 0.05) is 3.92 Å². The van der Waals surface area contributed by atoms with Crippen LogP contribution in [0.15, 0.2) is 12.7 Å². The zero-order valence-electron chi connectivity index (χ0n) is 15.6. The van der Waals surface area contributed by atoms with Crippen molar-refractivity contribution < 1.29 is 14.0 Å². The lowest BCUT2D eigenvalue weighted by molar-refractivity contribution is -0.913. The molecule has 24 heavy (non-hydrogen) atoms. The van der Waals surface area contributed by atoms with E-state index < -0.39 is 0 Å². The third-order valence-electron chi connectivity index (χ3n) is 4.99. The molecule has 4 nitrogen and oxygen atoms in total. The molecule has 0 aromatic heterocycles. The number of piperazine rings is 1. The summed E-state index contributed by atoms with van der Waals surface area (Å²) in [5, 5.41) is 0. The Hall–Kier alpha value is -0.300. The van der Waals surface area contributed by atoms with E-state index in [0.29, 0.717) is 6.61 Å². The molecule has 0 aromatic rings. The Morgan fingerprint density at radius 1 is 1.25 bits per heavy atom. The number of ether oxygens (including phenoxy) is 1. The Bertz CT molecular complexity index is 368. The van der Waals surface area contributed by atoms with E-state index >= 15 is 0 Å². The highest BCUT2D eigenvalue weighted by molar-refractivity contribution is 14.1. The van der Waals surface area contributed by atoms with Gasteiger partial charge in [0.1, 0.15) is 0 Å². The molecule has 1 rings (SSSR count). The molecule has 1 heterocycles. The highest BCUT2D eigenvalue weighted by atomic mass is 127. The second kappa shape index (κ2) is 12.1. The maximum Gasteiger partial charge on any atom is 0.410 e. The Balaban J connectivity index is 2.12. The molecule has 0 saturated carbocycles. The molecule has 0 radical (unpaired) electrons. The number of likely N-dealkylation sites (N-methyl/N-ethyl adjacent to an activating group) is 1. The van der Waals surface area contributed by atoms with E-state index in [1.54, 1.807) is 0 Å². The molecule has 5 heteroatoms. The average Bonchev–Trinajstić information content (AvgIpc) is 2.56. The number of hydrogen-bond donors (Lipinski definition) is 0. The van der Waals surface area contributed by atoms with Gasteiger partial charge in [0.05, 0.1) is 46.4 Å². The molecule has 1 fully saturated rings. The minimum atomic E-state index is -0.145. The van der Waals surface area contributed by atoms with Crippen LogP contribution in [0.5, 0.6) is 0 Å². The summed E-state index contributed by atoms with van der Waals surface area (Å²) in [5.74, 6) is 0. The molecule has 140 valence electrons. The van der Waals surface area contributed by atoms with Crippen molar-refractivity contribution in [2.45, 2.75) is 55.8 Å². The lowest BCUT2D eigenvalue weighted by Gasteiger charge is -2.41. The van der Waals surface area contributed by atoms with Crippen molar-refractivity contribution in [1.29, 1.82) is 0 Å². The van der Waals surface area contributed by atoms with Gasteiger partial charge in [-0.15, -0.1) is 6.58 Å². The molecule has 1 amide bonds.